The highest BCUT2D eigenvalue weighted by molar-refractivity contribution is 5.34. The average molecular weight is 311 g/mol. The van der Waals surface area contributed by atoms with E-state index in [-0.39, 0.29) is 5.41 Å². The van der Waals surface area contributed by atoms with E-state index in [1.807, 2.05) is 0 Å². The minimum absolute atomic E-state index is 0.287. The zero-order valence-electron chi connectivity index (χ0n) is 11.1. The molecular formula is C14H15F6N. The molecule has 0 atom stereocenters. The lowest BCUT2D eigenvalue weighted by Gasteiger charge is -2.41. The maximum Gasteiger partial charge on any atom is 0.404 e. The van der Waals surface area contributed by atoms with Crippen LogP contribution in [0.15, 0.2) is 24.3 Å². The van der Waals surface area contributed by atoms with E-state index < -0.39 is 23.8 Å². The van der Waals surface area contributed by atoms with Crippen molar-refractivity contribution in [3.63, 3.8) is 0 Å². The van der Waals surface area contributed by atoms with Crippen LogP contribution in [0.5, 0.6) is 0 Å². The minimum atomic E-state index is -5.36. The first kappa shape index (κ1) is 16.1. The first-order valence-corrected chi connectivity index (χ1v) is 6.54. The van der Waals surface area contributed by atoms with Crippen LogP contribution in [0.4, 0.5) is 26.3 Å². The molecule has 1 fully saturated rings. The smallest absolute Gasteiger partial charge is 0.330 e. The third kappa shape index (κ3) is 3.02. The molecule has 0 bridgehead atoms. The topological polar surface area (TPSA) is 26.0 Å². The molecule has 0 amide bonds. The Morgan fingerprint density at radius 2 is 1.43 bits per heavy atom. The zero-order chi connectivity index (χ0) is 15.9. The fourth-order valence-corrected chi connectivity index (χ4v) is 2.81. The molecule has 0 aliphatic heterocycles. The van der Waals surface area contributed by atoms with Crippen LogP contribution in [0.25, 0.3) is 0 Å². The summed E-state index contributed by atoms with van der Waals surface area (Å²) in [7, 11) is 0. The second kappa shape index (κ2) is 5.19. The van der Waals surface area contributed by atoms with Crippen molar-refractivity contribution in [3.05, 3.63) is 35.4 Å². The van der Waals surface area contributed by atoms with Crippen LogP contribution in [0.2, 0.25) is 0 Å². The van der Waals surface area contributed by atoms with E-state index in [0.29, 0.717) is 12.1 Å². The highest BCUT2D eigenvalue weighted by atomic mass is 19.4. The molecule has 2 rings (SSSR count). The second-order valence-electron chi connectivity index (χ2n) is 5.48. The van der Waals surface area contributed by atoms with Gasteiger partial charge in [0.05, 0.1) is 0 Å². The Hall–Kier alpha value is -1.24. The Kier molecular flexibility index (Phi) is 3.99. The second-order valence-corrected chi connectivity index (χ2v) is 5.48. The van der Waals surface area contributed by atoms with E-state index in [1.54, 1.807) is 0 Å². The first-order valence-electron chi connectivity index (χ1n) is 6.54. The van der Waals surface area contributed by atoms with Gasteiger partial charge >= 0.3 is 12.4 Å². The van der Waals surface area contributed by atoms with Crippen molar-refractivity contribution in [3.8, 4) is 0 Å². The summed E-state index contributed by atoms with van der Waals surface area (Å²) in [4.78, 5) is 0. The molecule has 1 aliphatic carbocycles. The van der Waals surface area contributed by atoms with Crippen molar-refractivity contribution in [1.29, 1.82) is 0 Å². The van der Waals surface area contributed by atoms with Crippen molar-refractivity contribution in [2.24, 2.45) is 5.73 Å². The zero-order valence-corrected chi connectivity index (χ0v) is 11.1. The lowest BCUT2D eigenvalue weighted by molar-refractivity contribution is -0.253. The van der Waals surface area contributed by atoms with Gasteiger partial charge in [-0.15, -0.1) is 0 Å². The maximum absolute atomic E-state index is 12.6. The quantitative estimate of drug-likeness (QED) is 0.829. The van der Waals surface area contributed by atoms with E-state index in [0.717, 1.165) is 31.4 Å². The van der Waals surface area contributed by atoms with Gasteiger partial charge in [-0.05, 0) is 24.0 Å². The van der Waals surface area contributed by atoms with Crippen LogP contribution >= 0.6 is 0 Å². The van der Waals surface area contributed by atoms with Crippen molar-refractivity contribution in [2.75, 3.05) is 6.54 Å². The Bertz CT molecular complexity index is 464. The number of halogens is 6. The van der Waals surface area contributed by atoms with Gasteiger partial charge in [-0.25, -0.2) is 0 Å². The van der Waals surface area contributed by atoms with Gasteiger partial charge in [0, 0.05) is 12.0 Å². The van der Waals surface area contributed by atoms with Gasteiger partial charge < -0.3 is 5.73 Å². The third-order valence-corrected chi connectivity index (χ3v) is 4.21. The molecule has 1 nitrogen and oxygen atoms in total. The number of benzene rings is 1. The van der Waals surface area contributed by atoms with Crippen LogP contribution in [0, 0.1) is 0 Å². The van der Waals surface area contributed by atoms with Gasteiger partial charge in [0.25, 0.3) is 0 Å². The fourth-order valence-electron chi connectivity index (χ4n) is 2.81. The van der Waals surface area contributed by atoms with E-state index in [9.17, 15) is 26.3 Å². The van der Waals surface area contributed by atoms with Crippen molar-refractivity contribution >= 4 is 0 Å². The molecule has 118 valence electrons. The normalized spacial score (nSPS) is 18.7. The number of hydrogen-bond acceptors (Lipinski definition) is 1. The van der Waals surface area contributed by atoms with Crippen LogP contribution in [0.3, 0.4) is 0 Å². The van der Waals surface area contributed by atoms with Gasteiger partial charge in [0.1, 0.15) is 0 Å². The van der Waals surface area contributed by atoms with Gasteiger partial charge in [0.15, 0.2) is 5.92 Å². The highest BCUT2D eigenvalue weighted by Crippen LogP contribution is 2.47. The number of hydrogen-bond donors (Lipinski definition) is 1. The summed E-state index contributed by atoms with van der Waals surface area (Å²) in [5, 5.41) is 0. The standard InChI is InChI=1S/C14H15F6N/c15-13(16,17)11(14(18,19)20)9-2-4-10(5-3-9)12(8-21)6-1-7-12/h2-5,11H,1,6-8,21H2. The summed E-state index contributed by atoms with van der Waals surface area (Å²) in [6.07, 6.45) is -8.13. The lowest BCUT2D eigenvalue weighted by Crippen LogP contribution is -2.41. The molecule has 1 aromatic carbocycles. The Balaban J connectivity index is 2.33. The van der Waals surface area contributed by atoms with Crippen molar-refractivity contribution in [1.82, 2.24) is 0 Å². The largest absolute Gasteiger partial charge is 0.404 e. The molecule has 1 aromatic rings. The highest BCUT2D eigenvalue weighted by Gasteiger charge is 2.57. The maximum atomic E-state index is 12.6. The van der Waals surface area contributed by atoms with Gasteiger partial charge in [0.2, 0.25) is 0 Å². The van der Waals surface area contributed by atoms with Crippen LogP contribution in [-0.2, 0) is 5.41 Å². The Morgan fingerprint density at radius 3 is 1.71 bits per heavy atom. The molecule has 1 aliphatic rings. The predicted octanol–water partition coefficient (Wildman–Crippen LogP) is 4.28. The number of alkyl halides is 6. The molecule has 0 saturated heterocycles. The molecule has 0 aromatic heterocycles. The van der Waals surface area contributed by atoms with Gasteiger partial charge in [-0.3, -0.25) is 0 Å². The van der Waals surface area contributed by atoms with Gasteiger partial charge in [-0.2, -0.15) is 26.3 Å². The summed E-state index contributed by atoms with van der Waals surface area (Å²) in [5.41, 5.74) is 5.31. The lowest BCUT2D eigenvalue weighted by atomic mass is 9.64. The average Bonchev–Trinajstić information content (AvgIpc) is 2.26. The van der Waals surface area contributed by atoms with Gasteiger partial charge in [-0.1, -0.05) is 30.7 Å². The van der Waals surface area contributed by atoms with Crippen LogP contribution in [0.1, 0.15) is 36.3 Å². The van der Waals surface area contributed by atoms with Crippen molar-refractivity contribution < 1.29 is 26.3 Å². The predicted molar refractivity (Wildman–Crippen MR) is 65.9 cm³/mol. The molecule has 0 heterocycles. The molecule has 0 unspecified atom stereocenters. The molecule has 2 N–H and O–H groups in total. The van der Waals surface area contributed by atoms with Crippen LogP contribution in [-0.4, -0.2) is 18.9 Å². The monoisotopic (exact) mass is 311 g/mol. The first-order chi connectivity index (χ1) is 9.60. The Morgan fingerprint density at radius 1 is 0.952 bits per heavy atom. The molecule has 1 saturated carbocycles. The van der Waals surface area contributed by atoms with Crippen molar-refractivity contribution in [2.45, 2.75) is 42.9 Å². The molecule has 7 heteroatoms. The number of nitrogens with two attached hydrogens (primary N) is 1. The molecule has 0 radical (unpaired) electrons. The minimum Gasteiger partial charge on any atom is -0.330 e. The molecule has 0 spiro atoms. The molecule has 21 heavy (non-hydrogen) atoms. The van der Waals surface area contributed by atoms with E-state index in [4.69, 9.17) is 5.73 Å². The molecular weight excluding hydrogens is 296 g/mol. The summed E-state index contributed by atoms with van der Waals surface area (Å²) < 4.78 is 75.8. The van der Waals surface area contributed by atoms with Crippen LogP contribution < -0.4 is 5.73 Å². The summed E-state index contributed by atoms with van der Waals surface area (Å²) in [6.45, 7) is 0.342. The summed E-state index contributed by atoms with van der Waals surface area (Å²) in [5.74, 6) is -3.45. The van der Waals surface area contributed by atoms with E-state index in [2.05, 4.69) is 0 Å². The summed E-state index contributed by atoms with van der Waals surface area (Å²) >= 11 is 0. The summed E-state index contributed by atoms with van der Waals surface area (Å²) in [6, 6.07) is 4.51. The van der Waals surface area contributed by atoms with E-state index >= 15 is 0 Å². The SMILES string of the molecule is NCC1(c2ccc(C(C(F)(F)F)C(F)(F)F)cc2)CCC1. The fraction of sp³-hybridized carbons (Fsp3) is 0.571. The third-order valence-electron chi connectivity index (χ3n) is 4.21. The Labute approximate surface area is 118 Å². The number of rotatable bonds is 3. The van der Waals surface area contributed by atoms with E-state index in [1.165, 1.54) is 12.1 Å².